The number of carbonyl (C=O) groups excluding carboxylic acids is 1. The van der Waals surface area contributed by atoms with Crippen molar-refractivity contribution in [3.05, 3.63) is 60.9 Å². The Kier molecular flexibility index (Phi) is 3.99. The lowest BCUT2D eigenvalue weighted by Crippen LogP contribution is -2.43. The minimum absolute atomic E-state index is 0.209. The number of carbonyl (C=O) groups is 1. The highest BCUT2D eigenvalue weighted by Gasteiger charge is 2.24. The Morgan fingerprint density at radius 1 is 1.25 bits per heavy atom. The van der Waals surface area contributed by atoms with E-state index >= 15 is 0 Å². The van der Waals surface area contributed by atoms with E-state index < -0.39 is 0 Å². The number of pyridine rings is 1. The topological polar surface area (TPSA) is 114 Å². The third-order valence-corrected chi connectivity index (χ3v) is 4.63. The third-order valence-electron chi connectivity index (χ3n) is 4.63. The van der Waals surface area contributed by atoms with Gasteiger partial charge in [0.25, 0.3) is 5.91 Å². The molecule has 1 aliphatic heterocycles. The van der Waals surface area contributed by atoms with Gasteiger partial charge in [0.1, 0.15) is 11.5 Å². The van der Waals surface area contributed by atoms with Crippen molar-refractivity contribution >= 4 is 11.6 Å². The molecule has 0 spiro atoms. The molecule has 3 N–H and O–H groups in total. The fourth-order valence-corrected chi connectivity index (χ4v) is 3.01. The number of hydrogen-bond acceptors (Lipinski definition) is 6. The summed E-state index contributed by atoms with van der Waals surface area (Å²) < 4.78 is 7.54. The minimum Gasteiger partial charge on any atom is -0.451 e. The molecule has 1 aliphatic rings. The van der Waals surface area contributed by atoms with Crippen LogP contribution in [0.2, 0.25) is 0 Å². The summed E-state index contributed by atoms with van der Waals surface area (Å²) in [5, 5.41) is 17.4. The largest absolute Gasteiger partial charge is 0.451 e. The van der Waals surface area contributed by atoms with Gasteiger partial charge in [0, 0.05) is 31.7 Å². The molecule has 0 aromatic carbocycles. The molecular formula is C19H17N7O2. The van der Waals surface area contributed by atoms with Crippen LogP contribution in [-0.2, 0) is 0 Å². The second kappa shape index (κ2) is 6.78. The first-order chi connectivity index (χ1) is 13.8. The van der Waals surface area contributed by atoms with Crippen LogP contribution in [0.3, 0.4) is 0 Å². The fraction of sp³-hybridized carbons (Fsp3) is 0.158. The molecular weight excluding hydrogens is 358 g/mol. The Bertz CT molecular complexity index is 1090. The van der Waals surface area contributed by atoms with Crippen molar-refractivity contribution < 1.29 is 9.21 Å². The van der Waals surface area contributed by atoms with E-state index in [2.05, 4.69) is 30.9 Å². The summed E-state index contributed by atoms with van der Waals surface area (Å²) in [6.07, 6.45) is 6.88. The van der Waals surface area contributed by atoms with Gasteiger partial charge in [-0.3, -0.25) is 19.6 Å². The van der Waals surface area contributed by atoms with E-state index in [1.807, 2.05) is 29.1 Å². The molecule has 5 heterocycles. The van der Waals surface area contributed by atoms with E-state index in [1.54, 1.807) is 30.7 Å². The number of aromatic amines is 1. The second-order valence-corrected chi connectivity index (χ2v) is 6.50. The molecule has 1 fully saturated rings. The Morgan fingerprint density at radius 2 is 2.18 bits per heavy atom. The molecule has 5 rings (SSSR count). The van der Waals surface area contributed by atoms with E-state index in [1.165, 1.54) is 0 Å². The lowest BCUT2D eigenvalue weighted by atomic mass is 10.2. The molecule has 0 atom stereocenters. The van der Waals surface area contributed by atoms with E-state index in [-0.39, 0.29) is 17.7 Å². The number of furan rings is 1. The van der Waals surface area contributed by atoms with Gasteiger partial charge in [0.15, 0.2) is 5.76 Å². The minimum atomic E-state index is -0.349. The number of hydrogen-bond donors (Lipinski definition) is 3. The first-order valence-corrected chi connectivity index (χ1v) is 8.89. The van der Waals surface area contributed by atoms with Gasteiger partial charge in [0.2, 0.25) is 0 Å². The Labute approximate surface area is 159 Å². The average molecular weight is 375 g/mol. The zero-order valence-corrected chi connectivity index (χ0v) is 14.8. The molecule has 4 aromatic rings. The molecule has 1 saturated heterocycles. The third kappa shape index (κ3) is 2.97. The zero-order chi connectivity index (χ0) is 18.9. The van der Waals surface area contributed by atoms with Gasteiger partial charge in [0.05, 0.1) is 29.2 Å². The van der Waals surface area contributed by atoms with Gasteiger partial charge in [-0.1, -0.05) is 6.07 Å². The molecule has 0 bridgehead atoms. The number of nitrogens with zero attached hydrogens (tertiary/aromatic N) is 4. The summed E-state index contributed by atoms with van der Waals surface area (Å²) in [6, 6.07) is 9.24. The van der Waals surface area contributed by atoms with Crippen LogP contribution < -0.4 is 10.6 Å². The van der Waals surface area contributed by atoms with Crippen molar-refractivity contribution in [1.29, 1.82) is 0 Å². The first kappa shape index (κ1) is 16.5. The molecule has 0 saturated carbocycles. The SMILES string of the molecule is O=C(Nc1cn(C2CNC2)nc1-c1ccccn1)c1ccc(-c2cn[nH]c2)o1. The standard InChI is InChI=1S/C19H17N7O2/c27-19(17-5-4-16(28-17)12-7-22-23-8-12)24-15-11-26(13-9-20-10-13)25-18(15)14-3-1-2-6-21-14/h1-8,11,13,20H,9-10H2,(H,22,23)(H,24,27). The van der Waals surface area contributed by atoms with E-state index in [4.69, 9.17) is 4.42 Å². The molecule has 0 aliphatic carbocycles. The maximum absolute atomic E-state index is 12.7. The highest BCUT2D eigenvalue weighted by Crippen LogP contribution is 2.28. The summed E-state index contributed by atoms with van der Waals surface area (Å²) in [5.41, 5.74) is 2.69. The predicted molar refractivity (Wildman–Crippen MR) is 102 cm³/mol. The first-order valence-electron chi connectivity index (χ1n) is 8.89. The van der Waals surface area contributed by atoms with Crippen LogP contribution in [0.15, 0.2) is 59.5 Å². The highest BCUT2D eigenvalue weighted by atomic mass is 16.3. The summed E-state index contributed by atoms with van der Waals surface area (Å²) in [4.78, 5) is 17.1. The smallest absolute Gasteiger partial charge is 0.291 e. The van der Waals surface area contributed by atoms with Crippen molar-refractivity contribution in [1.82, 2.24) is 30.3 Å². The summed E-state index contributed by atoms with van der Waals surface area (Å²) >= 11 is 0. The van der Waals surface area contributed by atoms with Crippen molar-refractivity contribution in [3.63, 3.8) is 0 Å². The normalized spacial score (nSPS) is 14.0. The molecule has 9 nitrogen and oxygen atoms in total. The Hall–Kier alpha value is -3.72. The van der Waals surface area contributed by atoms with E-state index in [0.29, 0.717) is 22.8 Å². The number of nitrogens with one attached hydrogen (secondary N) is 3. The van der Waals surface area contributed by atoms with Gasteiger partial charge in [-0.05, 0) is 24.3 Å². The van der Waals surface area contributed by atoms with Gasteiger partial charge in [-0.2, -0.15) is 10.2 Å². The van der Waals surface area contributed by atoms with Crippen LogP contribution in [0, 0.1) is 0 Å². The van der Waals surface area contributed by atoms with Crippen LogP contribution >= 0.6 is 0 Å². The number of H-pyrrole nitrogens is 1. The van der Waals surface area contributed by atoms with Crippen molar-refractivity contribution in [2.45, 2.75) is 6.04 Å². The number of amides is 1. The summed E-state index contributed by atoms with van der Waals surface area (Å²) in [5.74, 6) is 0.430. The zero-order valence-electron chi connectivity index (χ0n) is 14.8. The van der Waals surface area contributed by atoms with Gasteiger partial charge in [-0.25, -0.2) is 0 Å². The van der Waals surface area contributed by atoms with Crippen LogP contribution in [-0.4, -0.2) is 44.0 Å². The van der Waals surface area contributed by atoms with Crippen LogP contribution in [0.25, 0.3) is 22.7 Å². The average Bonchev–Trinajstić information content (AvgIpc) is 3.41. The van der Waals surface area contributed by atoms with Gasteiger partial charge < -0.3 is 15.1 Å². The van der Waals surface area contributed by atoms with Crippen molar-refractivity contribution in [2.75, 3.05) is 18.4 Å². The Balaban J connectivity index is 1.44. The van der Waals surface area contributed by atoms with Crippen LogP contribution in [0.5, 0.6) is 0 Å². The molecule has 4 aromatic heterocycles. The summed E-state index contributed by atoms with van der Waals surface area (Å²) in [6.45, 7) is 1.70. The number of anilines is 1. The quantitative estimate of drug-likeness (QED) is 0.493. The molecule has 0 radical (unpaired) electrons. The number of rotatable bonds is 5. The molecule has 0 unspecified atom stereocenters. The van der Waals surface area contributed by atoms with Gasteiger partial charge in [-0.15, -0.1) is 0 Å². The van der Waals surface area contributed by atoms with Crippen molar-refractivity contribution in [2.24, 2.45) is 0 Å². The van der Waals surface area contributed by atoms with Crippen LogP contribution in [0.4, 0.5) is 5.69 Å². The molecule has 28 heavy (non-hydrogen) atoms. The molecule has 9 heteroatoms. The number of aromatic nitrogens is 5. The molecule has 140 valence electrons. The monoisotopic (exact) mass is 375 g/mol. The van der Waals surface area contributed by atoms with Crippen LogP contribution in [0.1, 0.15) is 16.6 Å². The summed E-state index contributed by atoms with van der Waals surface area (Å²) in [7, 11) is 0. The van der Waals surface area contributed by atoms with Crippen molar-refractivity contribution in [3.8, 4) is 22.7 Å². The van der Waals surface area contributed by atoms with E-state index in [9.17, 15) is 4.79 Å². The lowest BCUT2D eigenvalue weighted by molar-refractivity contribution is 0.0997. The predicted octanol–water partition coefficient (Wildman–Crippen LogP) is 2.32. The fourth-order valence-electron chi connectivity index (χ4n) is 3.01. The highest BCUT2D eigenvalue weighted by molar-refractivity contribution is 6.04. The van der Waals surface area contributed by atoms with E-state index in [0.717, 1.165) is 18.7 Å². The maximum Gasteiger partial charge on any atom is 0.291 e. The Morgan fingerprint density at radius 3 is 2.89 bits per heavy atom. The second-order valence-electron chi connectivity index (χ2n) is 6.50. The van der Waals surface area contributed by atoms with Gasteiger partial charge >= 0.3 is 0 Å². The lowest BCUT2D eigenvalue weighted by Gasteiger charge is -2.27. The molecule has 1 amide bonds. The maximum atomic E-state index is 12.7.